The van der Waals surface area contributed by atoms with E-state index in [1.54, 1.807) is 44.5 Å². The normalized spacial score (nSPS) is 18.3. The molecule has 0 aromatic heterocycles. The van der Waals surface area contributed by atoms with E-state index >= 15 is 0 Å². The molecule has 12 aromatic rings. The molecule has 20 rings (SSSR count). The number of benzene rings is 12. The maximum absolute atomic E-state index is 2.68. The third-order valence-corrected chi connectivity index (χ3v) is 18.9. The second-order valence-electron chi connectivity index (χ2n) is 22.2. The second kappa shape index (κ2) is 14.6. The summed E-state index contributed by atoms with van der Waals surface area (Å²) in [7, 11) is 0. The predicted molar refractivity (Wildman–Crippen MR) is 308 cm³/mol. The molecule has 0 saturated carbocycles. The minimum Gasteiger partial charge on any atom is -0.0622 e. The standard InChI is InChI=1S/C74H48/c1-5-17-43(18-6-1)63-67-49-33-34-50(68(67)64(44-19-7-2-8-20-44)72-54-30-14-26-41-25-13-29-53(61(41)54)71(63)72)58-38-48-40-60-52-36-35-51(59(60)39-47(48)37-57(49)58)69-65(45-21-9-3-10-22-45)73-55-31-15-27-42-28-16-32-56(62(42)55)74(73)66(70(52)69)46-23-11-4-12-24-46/h1-32,37-40,49-52H,33-36H2/t49-,50+,51+,52-. The molecule has 8 aliphatic rings. The Morgan fingerprint density at radius 2 is 0.459 bits per heavy atom. The fraction of sp³-hybridized carbons (Fsp3) is 0.108. The van der Waals surface area contributed by atoms with Gasteiger partial charge in [-0.05, 0) is 192 Å². The topological polar surface area (TPSA) is 0 Å². The van der Waals surface area contributed by atoms with E-state index < -0.39 is 0 Å². The van der Waals surface area contributed by atoms with E-state index in [-0.39, 0.29) is 0 Å². The summed E-state index contributed by atoms with van der Waals surface area (Å²) in [6, 6.07) is 84.5. The van der Waals surface area contributed by atoms with E-state index in [4.69, 9.17) is 0 Å². The highest BCUT2D eigenvalue weighted by Gasteiger charge is 2.47. The molecule has 4 atom stereocenters. The first-order valence-corrected chi connectivity index (χ1v) is 27.1. The Morgan fingerprint density at radius 3 is 0.703 bits per heavy atom. The van der Waals surface area contributed by atoms with Gasteiger partial charge in [-0.3, -0.25) is 0 Å². The van der Waals surface area contributed by atoms with Crippen LogP contribution in [-0.2, 0) is 0 Å². The highest BCUT2D eigenvalue weighted by Crippen LogP contribution is 2.68. The summed E-state index contributed by atoms with van der Waals surface area (Å²) < 4.78 is 0. The summed E-state index contributed by atoms with van der Waals surface area (Å²) in [4.78, 5) is 0. The van der Waals surface area contributed by atoms with Gasteiger partial charge in [0.2, 0.25) is 0 Å². The van der Waals surface area contributed by atoms with Gasteiger partial charge in [0.05, 0.1) is 0 Å². The van der Waals surface area contributed by atoms with Crippen molar-refractivity contribution in [1.29, 1.82) is 0 Å². The average molecular weight is 937 g/mol. The van der Waals surface area contributed by atoms with Crippen LogP contribution in [0.2, 0.25) is 0 Å². The number of hydrogen-bond acceptors (Lipinski definition) is 0. The summed E-state index contributed by atoms with van der Waals surface area (Å²) in [6.45, 7) is 0. The lowest BCUT2D eigenvalue weighted by Crippen LogP contribution is -2.28. The van der Waals surface area contributed by atoms with E-state index in [0.29, 0.717) is 23.7 Å². The zero-order valence-electron chi connectivity index (χ0n) is 40.9. The molecule has 0 unspecified atom stereocenters. The quantitative estimate of drug-likeness (QED) is 0.165. The summed E-state index contributed by atoms with van der Waals surface area (Å²) >= 11 is 0. The van der Waals surface area contributed by atoms with Gasteiger partial charge in [-0.15, -0.1) is 0 Å². The molecule has 0 amide bonds. The van der Waals surface area contributed by atoms with Crippen LogP contribution in [0.25, 0.3) is 121 Å². The fourth-order valence-corrected chi connectivity index (χ4v) is 16.4. The predicted octanol–water partition coefficient (Wildman–Crippen LogP) is 19.9. The molecule has 74 heavy (non-hydrogen) atoms. The van der Waals surface area contributed by atoms with Gasteiger partial charge < -0.3 is 0 Å². The Hall–Kier alpha value is -8.58. The van der Waals surface area contributed by atoms with Crippen molar-refractivity contribution < 1.29 is 0 Å². The lowest BCUT2D eigenvalue weighted by molar-refractivity contribution is 0.521. The van der Waals surface area contributed by atoms with Crippen LogP contribution in [0.3, 0.4) is 0 Å². The van der Waals surface area contributed by atoms with Crippen molar-refractivity contribution in [3.63, 3.8) is 0 Å². The highest BCUT2D eigenvalue weighted by atomic mass is 14.5. The third kappa shape index (κ3) is 5.04. The van der Waals surface area contributed by atoms with Crippen molar-refractivity contribution >= 4 is 32.3 Å². The molecular formula is C74H48. The molecule has 12 aromatic carbocycles. The molecule has 0 heterocycles. The molecule has 0 radical (unpaired) electrons. The van der Waals surface area contributed by atoms with Crippen molar-refractivity contribution in [2.45, 2.75) is 49.4 Å². The summed E-state index contributed by atoms with van der Waals surface area (Å²) in [5.41, 5.74) is 34.8. The van der Waals surface area contributed by atoms with Gasteiger partial charge >= 0.3 is 0 Å². The van der Waals surface area contributed by atoms with Gasteiger partial charge in [0.25, 0.3) is 0 Å². The van der Waals surface area contributed by atoms with Crippen LogP contribution in [0.5, 0.6) is 0 Å². The van der Waals surface area contributed by atoms with Gasteiger partial charge in [0, 0.05) is 23.7 Å². The molecule has 0 saturated heterocycles. The number of rotatable bonds is 4. The average Bonchev–Trinajstić information content (AvgIpc) is 4.04. The van der Waals surface area contributed by atoms with Crippen LogP contribution in [0, 0.1) is 0 Å². The third-order valence-electron chi connectivity index (χ3n) is 18.9. The Kier molecular flexibility index (Phi) is 7.86. The van der Waals surface area contributed by atoms with Crippen LogP contribution in [-0.4, -0.2) is 0 Å². The lowest BCUT2D eigenvalue weighted by atomic mass is 9.58. The smallest absolute Gasteiger partial charge is 0.0102 e. The van der Waals surface area contributed by atoms with Crippen molar-refractivity contribution in [2.75, 3.05) is 0 Å². The van der Waals surface area contributed by atoms with Crippen LogP contribution >= 0.6 is 0 Å². The molecule has 0 spiro atoms. The van der Waals surface area contributed by atoms with Gasteiger partial charge in [0.1, 0.15) is 0 Å². The molecule has 0 heteroatoms. The number of fused-ring (bicyclic) bond motifs is 9. The van der Waals surface area contributed by atoms with Gasteiger partial charge in [-0.25, -0.2) is 0 Å². The SMILES string of the molecule is c1ccc(-c2c3c(c(-c4ccccc4)c4c2[C@@H]2CC[C@H]4c4cc5cc6c(cc5cc42)[C@@H]2CC[C@H]6c4c(-c5ccccc5)c5c(c(-c6ccccc6)c42)-c2cccc4cccc-5c24)-c2cccc4cccc-3c24)cc1. The van der Waals surface area contributed by atoms with Crippen LogP contribution < -0.4 is 0 Å². The maximum Gasteiger partial charge on any atom is 0.0102 e. The molecule has 344 valence electrons. The van der Waals surface area contributed by atoms with Crippen molar-refractivity contribution in [2.24, 2.45) is 0 Å². The van der Waals surface area contributed by atoms with Crippen LogP contribution in [0.1, 0.15) is 93.9 Å². The van der Waals surface area contributed by atoms with Gasteiger partial charge in [0.15, 0.2) is 0 Å². The molecule has 0 aliphatic heterocycles. The Labute approximate surface area is 431 Å². The molecule has 0 N–H and O–H groups in total. The van der Waals surface area contributed by atoms with Crippen LogP contribution in [0.4, 0.5) is 0 Å². The molecule has 0 fully saturated rings. The van der Waals surface area contributed by atoms with Crippen molar-refractivity contribution in [3.05, 3.63) is 263 Å². The van der Waals surface area contributed by atoms with E-state index in [0.717, 1.165) is 25.7 Å². The molecule has 0 nitrogen and oxygen atoms in total. The largest absolute Gasteiger partial charge is 0.0622 e. The molecular weight excluding hydrogens is 889 g/mol. The van der Waals surface area contributed by atoms with E-state index in [2.05, 4.69) is 218 Å². The highest BCUT2D eigenvalue weighted by molar-refractivity contribution is 6.24. The maximum atomic E-state index is 2.68. The molecule has 4 bridgehead atoms. The van der Waals surface area contributed by atoms with Gasteiger partial charge in [-0.1, -0.05) is 218 Å². The van der Waals surface area contributed by atoms with E-state index in [1.807, 2.05) is 0 Å². The fourth-order valence-electron chi connectivity index (χ4n) is 16.4. The zero-order valence-corrected chi connectivity index (χ0v) is 40.9. The first-order valence-electron chi connectivity index (χ1n) is 27.1. The summed E-state index contributed by atoms with van der Waals surface area (Å²) in [5.74, 6) is 1.16. The minimum absolute atomic E-state index is 0.290. The van der Waals surface area contributed by atoms with E-state index in [9.17, 15) is 0 Å². The Bertz CT molecular complexity index is 3900. The zero-order chi connectivity index (χ0) is 47.9. The van der Waals surface area contributed by atoms with Crippen LogP contribution in [0.15, 0.2) is 218 Å². The minimum atomic E-state index is 0.290. The monoisotopic (exact) mass is 936 g/mol. The Morgan fingerprint density at radius 1 is 0.216 bits per heavy atom. The Balaban J connectivity index is 0.903. The van der Waals surface area contributed by atoms with Gasteiger partial charge in [-0.2, -0.15) is 0 Å². The summed E-state index contributed by atoms with van der Waals surface area (Å²) in [6.07, 6.45) is 4.64. The lowest BCUT2D eigenvalue weighted by Gasteiger charge is -2.45. The number of hydrogen-bond donors (Lipinski definition) is 0. The van der Waals surface area contributed by atoms with Crippen molar-refractivity contribution in [3.8, 4) is 89.0 Å². The second-order valence-corrected chi connectivity index (χ2v) is 22.2. The molecule has 8 aliphatic carbocycles. The van der Waals surface area contributed by atoms with Crippen molar-refractivity contribution in [1.82, 2.24) is 0 Å². The first-order chi connectivity index (χ1) is 36.8. The summed E-state index contributed by atoms with van der Waals surface area (Å²) in [5, 5.41) is 8.24. The van der Waals surface area contributed by atoms with E-state index in [1.165, 1.54) is 121 Å². The first kappa shape index (κ1) is 40.0.